The molecule has 0 saturated heterocycles. The Labute approximate surface area is 125 Å². The van der Waals surface area contributed by atoms with Gasteiger partial charge in [-0.15, -0.1) is 0 Å². The van der Waals surface area contributed by atoms with E-state index in [9.17, 15) is 9.59 Å². The van der Waals surface area contributed by atoms with Crippen LogP contribution >= 0.6 is 0 Å². The summed E-state index contributed by atoms with van der Waals surface area (Å²) in [6.45, 7) is 6.50. The van der Waals surface area contributed by atoms with Crippen molar-refractivity contribution < 1.29 is 9.59 Å². The van der Waals surface area contributed by atoms with Crippen LogP contribution in [0.5, 0.6) is 0 Å². The number of nitrogens with one attached hydrogen (secondary N) is 3. The highest BCUT2D eigenvalue weighted by Crippen LogP contribution is 2.28. The molecule has 6 nitrogen and oxygen atoms in total. The molecule has 1 aliphatic rings. The topological polar surface area (TPSA) is 86.9 Å². The standard InChI is InChI=1S/C15H24N4O2/c1-4-11(17-14(20)10-5-6-10)8-16-15(21)13-7-12(9(2)3)18-19-13/h7,9-11H,4-6,8H2,1-3H3,(H,16,21)(H,17,20)(H,18,19). The van der Waals surface area contributed by atoms with Gasteiger partial charge in [-0.3, -0.25) is 14.7 Å². The number of carbonyl (C=O) groups excluding carboxylic acids is 2. The van der Waals surface area contributed by atoms with Gasteiger partial charge in [0.1, 0.15) is 5.69 Å². The molecule has 0 radical (unpaired) electrons. The number of hydrogen-bond acceptors (Lipinski definition) is 3. The molecule has 0 aromatic carbocycles. The Morgan fingerprint density at radius 2 is 2.14 bits per heavy atom. The minimum Gasteiger partial charge on any atom is -0.351 e. The normalized spacial score (nSPS) is 15.8. The third-order valence-corrected chi connectivity index (χ3v) is 3.75. The average molecular weight is 292 g/mol. The van der Waals surface area contributed by atoms with Crippen LogP contribution < -0.4 is 10.6 Å². The molecule has 3 N–H and O–H groups in total. The van der Waals surface area contributed by atoms with Crippen LogP contribution in [-0.2, 0) is 4.79 Å². The van der Waals surface area contributed by atoms with Crippen LogP contribution in [0.1, 0.15) is 62.1 Å². The Morgan fingerprint density at radius 1 is 1.43 bits per heavy atom. The van der Waals surface area contributed by atoms with Crippen molar-refractivity contribution in [1.29, 1.82) is 0 Å². The Bertz CT molecular complexity index is 506. The van der Waals surface area contributed by atoms with Gasteiger partial charge in [0.25, 0.3) is 5.91 Å². The van der Waals surface area contributed by atoms with E-state index >= 15 is 0 Å². The summed E-state index contributed by atoms with van der Waals surface area (Å²) in [6, 6.07) is 1.74. The largest absolute Gasteiger partial charge is 0.351 e. The van der Waals surface area contributed by atoms with Crippen LogP contribution in [-0.4, -0.2) is 34.6 Å². The first-order chi connectivity index (χ1) is 10.0. The molecule has 1 saturated carbocycles. The molecule has 1 fully saturated rings. The van der Waals surface area contributed by atoms with E-state index in [0.29, 0.717) is 18.2 Å². The fraction of sp³-hybridized carbons (Fsp3) is 0.667. The van der Waals surface area contributed by atoms with Crippen molar-refractivity contribution in [2.24, 2.45) is 5.92 Å². The number of hydrogen-bond donors (Lipinski definition) is 3. The maximum atomic E-state index is 12.0. The number of aromatic nitrogens is 2. The van der Waals surface area contributed by atoms with E-state index in [4.69, 9.17) is 0 Å². The number of carbonyl (C=O) groups is 2. The Morgan fingerprint density at radius 3 is 2.67 bits per heavy atom. The van der Waals surface area contributed by atoms with Crippen molar-refractivity contribution in [3.05, 3.63) is 17.5 Å². The summed E-state index contributed by atoms with van der Waals surface area (Å²) in [7, 11) is 0. The zero-order valence-corrected chi connectivity index (χ0v) is 12.9. The highest BCUT2D eigenvalue weighted by molar-refractivity contribution is 5.92. The molecule has 1 aliphatic carbocycles. The number of aromatic amines is 1. The van der Waals surface area contributed by atoms with Crippen molar-refractivity contribution in [1.82, 2.24) is 20.8 Å². The van der Waals surface area contributed by atoms with Gasteiger partial charge in [0.15, 0.2) is 0 Å². The molecule has 1 atom stereocenters. The SMILES string of the molecule is CCC(CNC(=O)c1cc(C(C)C)[nH]n1)NC(=O)C1CC1. The molecule has 0 bridgehead atoms. The van der Waals surface area contributed by atoms with Gasteiger partial charge >= 0.3 is 0 Å². The predicted octanol–water partition coefficient (Wildman–Crippen LogP) is 1.57. The van der Waals surface area contributed by atoms with Crippen LogP contribution in [0.3, 0.4) is 0 Å². The average Bonchev–Trinajstić information content (AvgIpc) is 3.19. The molecular weight excluding hydrogens is 268 g/mol. The zero-order valence-electron chi connectivity index (χ0n) is 12.9. The van der Waals surface area contributed by atoms with Crippen LogP contribution in [0.4, 0.5) is 0 Å². The van der Waals surface area contributed by atoms with E-state index in [1.807, 2.05) is 20.8 Å². The predicted molar refractivity (Wildman–Crippen MR) is 80.0 cm³/mol. The number of rotatable bonds is 7. The van der Waals surface area contributed by atoms with E-state index in [1.54, 1.807) is 6.07 Å². The van der Waals surface area contributed by atoms with Crippen molar-refractivity contribution in [2.75, 3.05) is 6.54 Å². The molecule has 1 heterocycles. The van der Waals surface area contributed by atoms with Gasteiger partial charge in [-0.1, -0.05) is 20.8 Å². The van der Waals surface area contributed by atoms with Gasteiger partial charge in [0.05, 0.1) is 0 Å². The highest BCUT2D eigenvalue weighted by Gasteiger charge is 2.30. The molecule has 0 aliphatic heterocycles. The van der Waals surface area contributed by atoms with E-state index in [-0.39, 0.29) is 23.8 Å². The maximum absolute atomic E-state index is 12.0. The Kier molecular flexibility index (Phi) is 4.98. The molecule has 1 aromatic rings. The molecule has 21 heavy (non-hydrogen) atoms. The van der Waals surface area contributed by atoms with Crippen molar-refractivity contribution >= 4 is 11.8 Å². The minimum atomic E-state index is -0.211. The summed E-state index contributed by atoms with van der Waals surface area (Å²) < 4.78 is 0. The van der Waals surface area contributed by atoms with Crippen LogP contribution in [0.25, 0.3) is 0 Å². The third-order valence-electron chi connectivity index (χ3n) is 3.75. The fourth-order valence-corrected chi connectivity index (χ4v) is 2.02. The van der Waals surface area contributed by atoms with Gasteiger partial charge in [-0.25, -0.2) is 0 Å². The fourth-order valence-electron chi connectivity index (χ4n) is 2.02. The summed E-state index contributed by atoms with van der Waals surface area (Å²) in [5.41, 5.74) is 1.33. The van der Waals surface area contributed by atoms with Gasteiger partial charge in [0, 0.05) is 24.2 Å². The van der Waals surface area contributed by atoms with Gasteiger partial charge in [-0.05, 0) is 31.2 Å². The second kappa shape index (κ2) is 6.74. The van der Waals surface area contributed by atoms with E-state index in [0.717, 1.165) is 25.0 Å². The van der Waals surface area contributed by atoms with Gasteiger partial charge in [-0.2, -0.15) is 5.10 Å². The lowest BCUT2D eigenvalue weighted by Gasteiger charge is -2.17. The maximum Gasteiger partial charge on any atom is 0.271 e. The monoisotopic (exact) mass is 292 g/mol. The Hall–Kier alpha value is -1.85. The second-order valence-corrected chi connectivity index (χ2v) is 5.96. The van der Waals surface area contributed by atoms with E-state index in [2.05, 4.69) is 20.8 Å². The number of H-pyrrole nitrogens is 1. The molecule has 116 valence electrons. The van der Waals surface area contributed by atoms with Crippen molar-refractivity contribution in [2.45, 2.75) is 52.0 Å². The minimum absolute atomic E-state index is 0.0226. The van der Waals surface area contributed by atoms with E-state index < -0.39 is 0 Å². The number of nitrogens with zero attached hydrogens (tertiary/aromatic N) is 1. The summed E-state index contributed by atoms with van der Waals surface area (Å²) in [5, 5.41) is 12.7. The summed E-state index contributed by atoms with van der Waals surface area (Å²) >= 11 is 0. The second-order valence-electron chi connectivity index (χ2n) is 5.96. The molecule has 6 heteroatoms. The molecule has 1 aromatic heterocycles. The molecule has 1 unspecified atom stereocenters. The van der Waals surface area contributed by atoms with Crippen molar-refractivity contribution in [3.8, 4) is 0 Å². The summed E-state index contributed by atoms with van der Waals surface area (Å²) in [4.78, 5) is 23.8. The van der Waals surface area contributed by atoms with Crippen LogP contribution in [0.15, 0.2) is 6.07 Å². The molecule has 2 amide bonds. The zero-order chi connectivity index (χ0) is 15.4. The first kappa shape index (κ1) is 15.5. The molecule has 2 rings (SSSR count). The first-order valence-electron chi connectivity index (χ1n) is 7.65. The first-order valence-corrected chi connectivity index (χ1v) is 7.65. The third kappa shape index (κ3) is 4.31. The van der Waals surface area contributed by atoms with E-state index in [1.165, 1.54) is 0 Å². The number of amides is 2. The van der Waals surface area contributed by atoms with Crippen molar-refractivity contribution in [3.63, 3.8) is 0 Å². The molecular formula is C15H24N4O2. The summed E-state index contributed by atoms with van der Waals surface area (Å²) in [6.07, 6.45) is 2.76. The lowest BCUT2D eigenvalue weighted by molar-refractivity contribution is -0.123. The smallest absolute Gasteiger partial charge is 0.271 e. The van der Waals surface area contributed by atoms with Gasteiger partial charge in [0.2, 0.25) is 5.91 Å². The summed E-state index contributed by atoms with van der Waals surface area (Å²) in [5.74, 6) is 0.394. The lowest BCUT2D eigenvalue weighted by Crippen LogP contribution is -2.43. The van der Waals surface area contributed by atoms with Crippen LogP contribution in [0.2, 0.25) is 0 Å². The van der Waals surface area contributed by atoms with Crippen LogP contribution in [0, 0.1) is 5.92 Å². The quantitative estimate of drug-likeness (QED) is 0.713. The lowest BCUT2D eigenvalue weighted by atomic mass is 10.1. The molecule has 0 spiro atoms. The Balaban J connectivity index is 1.81. The highest BCUT2D eigenvalue weighted by atomic mass is 16.2. The van der Waals surface area contributed by atoms with Gasteiger partial charge < -0.3 is 10.6 Å².